The van der Waals surface area contributed by atoms with E-state index in [0.717, 1.165) is 16.9 Å². The van der Waals surface area contributed by atoms with Crippen molar-refractivity contribution < 1.29 is 4.74 Å². The molecule has 1 N–H and O–H groups in total. The summed E-state index contributed by atoms with van der Waals surface area (Å²) in [4.78, 5) is 0. The highest BCUT2D eigenvalue weighted by Gasteiger charge is 2.11. The zero-order valence-electron chi connectivity index (χ0n) is 12.2. The number of aromatic amines is 1. The molecule has 1 heterocycles. The van der Waals surface area contributed by atoms with Crippen molar-refractivity contribution in [1.82, 2.24) is 14.9 Å². The molecular weight excluding hydrogens is 332 g/mol. The third-order valence-corrected chi connectivity index (χ3v) is 3.80. The number of hydrogen-bond acceptors (Lipinski definition) is 4. The molecule has 3 aromatic rings. The molecule has 23 heavy (non-hydrogen) atoms. The highest BCUT2D eigenvalue weighted by Crippen LogP contribution is 2.25. The molecule has 0 aliphatic carbocycles. The van der Waals surface area contributed by atoms with E-state index in [2.05, 4.69) is 15.3 Å². The minimum Gasteiger partial charge on any atom is -0.497 e. The zero-order chi connectivity index (χ0) is 16.2. The lowest BCUT2D eigenvalue weighted by Gasteiger charge is -2.03. The largest absolute Gasteiger partial charge is 0.497 e. The van der Waals surface area contributed by atoms with Crippen LogP contribution in [0, 0.1) is 4.77 Å². The second-order valence-corrected chi connectivity index (χ2v) is 5.46. The summed E-state index contributed by atoms with van der Waals surface area (Å²) >= 11 is 11.5. The molecule has 0 spiro atoms. The Labute approximate surface area is 143 Å². The van der Waals surface area contributed by atoms with Gasteiger partial charge in [0, 0.05) is 5.56 Å². The van der Waals surface area contributed by atoms with Crippen LogP contribution in [-0.2, 0) is 0 Å². The molecule has 0 fully saturated rings. The number of H-pyrrole nitrogens is 1. The van der Waals surface area contributed by atoms with Crippen molar-refractivity contribution in [3.05, 3.63) is 63.9 Å². The van der Waals surface area contributed by atoms with E-state index >= 15 is 0 Å². The van der Waals surface area contributed by atoms with Gasteiger partial charge in [-0.2, -0.15) is 14.9 Å². The topological polar surface area (TPSA) is 55.2 Å². The Bertz CT molecular complexity index is 899. The van der Waals surface area contributed by atoms with Crippen LogP contribution in [-0.4, -0.2) is 28.2 Å². The van der Waals surface area contributed by atoms with Gasteiger partial charge in [0.05, 0.1) is 18.3 Å². The summed E-state index contributed by atoms with van der Waals surface area (Å²) in [6.45, 7) is 0. The van der Waals surface area contributed by atoms with Crippen LogP contribution in [0.3, 0.4) is 0 Å². The second kappa shape index (κ2) is 6.76. The Morgan fingerprint density at radius 1 is 1.22 bits per heavy atom. The Morgan fingerprint density at radius 2 is 1.96 bits per heavy atom. The predicted octanol–water partition coefficient (Wildman–Crippen LogP) is 4.15. The van der Waals surface area contributed by atoms with Gasteiger partial charge in [-0.3, -0.25) is 0 Å². The first-order valence-electron chi connectivity index (χ1n) is 6.80. The lowest BCUT2D eigenvalue weighted by Crippen LogP contribution is -1.95. The van der Waals surface area contributed by atoms with E-state index in [0.29, 0.717) is 15.6 Å². The number of benzene rings is 2. The van der Waals surface area contributed by atoms with E-state index in [4.69, 9.17) is 28.6 Å². The van der Waals surface area contributed by atoms with Crippen LogP contribution < -0.4 is 4.74 Å². The maximum atomic E-state index is 6.22. The van der Waals surface area contributed by atoms with Crippen LogP contribution in [0.4, 0.5) is 0 Å². The van der Waals surface area contributed by atoms with Crippen molar-refractivity contribution in [1.29, 1.82) is 0 Å². The van der Waals surface area contributed by atoms with Gasteiger partial charge in [0.15, 0.2) is 5.82 Å². The van der Waals surface area contributed by atoms with Gasteiger partial charge in [0.2, 0.25) is 4.77 Å². The van der Waals surface area contributed by atoms with Gasteiger partial charge in [-0.15, -0.1) is 0 Å². The van der Waals surface area contributed by atoms with Gasteiger partial charge < -0.3 is 4.74 Å². The van der Waals surface area contributed by atoms with E-state index in [9.17, 15) is 0 Å². The normalized spacial score (nSPS) is 11.0. The summed E-state index contributed by atoms with van der Waals surface area (Å²) in [5.74, 6) is 1.35. The molecule has 7 heteroatoms. The average molecular weight is 345 g/mol. The molecule has 0 aliphatic heterocycles. The van der Waals surface area contributed by atoms with Gasteiger partial charge in [-0.25, -0.2) is 5.10 Å². The van der Waals surface area contributed by atoms with Crippen LogP contribution in [0.2, 0.25) is 5.02 Å². The monoisotopic (exact) mass is 344 g/mol. The van der Waals surface area contributed by atoms with Gasteiger partial charge >= 0.3 is 0 Å². The number of ether oxygens (including phenoxy) is 1. The Kier molecular flexibility index (Phi) is 4.55. The number of nitrogens with one attached hydrogen (secondary N) is 1. The van der Waals surface area contributed by atoms with Crippen LogP contribution in [0.1, 0.15) is 5.56 Å². The number of aromatic nitrogens is 3. The first kappa shape index (κ1) is 15.5. The fraction of sp³-hybridized carbons (Fsp3) is 0.0625. The minimum atomic E-state index is 0.393. The SMILES string of the molecule is COc1ccc(C=Nn2c(-c3ccccc3Cl)n[nH]c2=S)cc1. The lowest BCUT2D eigenvalue weighted by molar-refractivity contribution is 0.415. The summed E-state index contributed by atoms with van der Waals surface area (Å²) in [7, 11) is 1.63. The number of hydrogen-bond donors (Lipinski definition) is 1. The second-order valence-electron chi connectivity index (χ2n) is 4.66. The first-order valence-corrected chi connectivity index (χ1v) is 7.58. The molecule has 0 amide bonds. The summed E-state index contributed by atoms with van der Waals surface area (Å²) in [5.41, 5.74) is 1.67. The standard InChI is InChI=1S/C16H13ClN4OS/c1-22-12-8-6-11(7-9-12)10-18-21-15(19-20-16(21)23)13-4-2-3-5-14(13)17/h2-10H,1H3,(H,20,23). The van der Waals surface area contributed by atoms with Crippen molar-refractivity contribution in [2.45, 2.75) is 0 Å². The van der Waals surface area contributed by atoms with Crippen molar-refractivity contribution in [2.24, 2.45) is 5.10 Å². The molecule has 1 aromatic heterocycles. The van der Waals surface area contributed by atoms with Crippen LogP contribution in [0.15, 0.2) is 53.6 Å². The molecule has 0 saturated carbocycles. The van der Waals surface area contributed by atoms with E-state index in [1.54, 1.807) is 24.1 Å². The molecule has 0 bridgehead atoms. The molecular formula is C16H13ClN4OS. The van der Waals surface area contributed by atoms with Crippen molar-refractivity contribution >= 4 is 30.0 Å². The molecule has 0 aliphatic rings. The van der Waals surface area contributed by atoms with Crippen LogP contribution in [0.5, 0.6) is 5.75 Å². The third-order valence-electron chi connectivity index (χ3n) is 3.20. The van der Waals surface area contributed by atoms with Gasteiger partial charge in [-0.05, 0) is 54.2 Å². The molecule has 0 radical (unpaired) electrons. The molecule has 0 saturated heterocycles. The third kappa shape index (κ3) is 3.33. The van der Waals surface area contributed by atoms with E-state index in [-0.39, 0.29) is 0 Å². The van der Waals surface area contributed by atoms with Crippen LogP contribution >= 0.6 is 23.8 Å². The van der Waals surface area contributed by atoms with Crippen molar-refractivity contribution in [3.63, 3.8) is 0 Å². The summed E-state index contributed by atoms with van der Waals surface area (Å²) in [6.07, 6.45) is 1.70. The van der Waals surface area contributed by atoms with E-state index in [1.807, 2.05) is 42.5 Å². The van der Waals surface area contributed by atoms with Crippen molar-refractivity contribution in [3.8, 4) is 17.1 Å². The average Bonchev–Trinajstić information content (AvgIpc) is 2.94. The first-order chi connectivity index (χ1) is 11.2. The Morgan fingerprint density at radius 3 is 2.65 bits per heavy atom. The quantitative estimate of drug-likeness (QED) is 0.571. The maximum absolute atomic E-state index is 6.22. The Balaban J connectivity index is 1.97. The smallest absolute Gasteiger partial charge is 0.216 e. The summed E-state index contributed by atoms with van der Waals surface area (Å²) in [5, 5.41) is 11.9. The van der Waals surface area contributed by atoms with Gasteiger partial charge in [-0.1, -0.05) is 23.7 Å². The molecule has 5 nitrogen and oxygen atoms in total. The minimum absolute atomic E-state index is 0.393. The predicted molar refractivity (Wildman–Crippen MR) is 93.8 cm³/mol. The van der Waals surface area contributed by atoms with Gasteiger partial charge in [0.25, 0.3) is 0 Å². The number of halogens is 1. The van der Waals surface area contributed by atoms with Gasteiger partial charge in [0.1, 0.15) is 5.75 Å². The summed E-state index contributed by atoms with van der Waals surface area (Å²) in [6, 6.07) is 15.0. The molecule has 0 atom stereocenters. The Hall–Kier alpha value is -2.44. The van der Waals surface area contributed by atoms with E-state index < -0.39 is 0 Å². The molecule has 3 rings (SSSR count). The van der Waals surface area contributed by atoms with Crippen LogP contribution in [0.25, 0.3) is 11.4 Å². The highest BCUT2D eigenvalue weighted by molar-refractivity contribution is 7.71. The summed E-state index contributed by atoms with van der Waals surface area (Å²) < 4.78 is 7.07. The maximum Gasteiger partial charge on any atom is 0.216 e. The molecule has 0 unspecified atom stereocenters. The highest BCUT2D eigenvalue weighted by atomic mass is 35.5. The molecule has 2 aromatic carbocycles. The lowest BCUT2D eigenvalue weighted by atomic mass is 10.2. The molecule has 116 valence electrons. The fourth-order valence-electron chi connectivity index (χ4n) is 2.03. The zero-order valence-corrected chi connectivity index (χ0v) is 13.8. The number of methoxy groups -OCH3 is 1. The fourth-order valence-corrected chi connectivity index (χ4v) is 2.43. The van der Waals surface area contributed by atoms with E-state index in [1.165, 1.54) is 0 Å². The van der Waals surface area contributed by atoms with Crippen molar-refractivity contribution in [2.75, 3.05) is 7.11 Å². The number of rotatable bonds is 4. The number of nitrogens with zero attached hydrogens (tertiary/aromatic N) is 3.